The third kappa shape index (κ3) is 3.34. The number of aryl methyl sites for hydroxylation is 1. The smallest absolute Gasteiger partial charge is 0.410 e. The van der Waals surface area contributed by atoms with E-state index in [1.54, 1.807) is 0 Å². The molecule has 1 atom stereocenters. The lowest BCUT2D eigenvalue weighted by atomic mass is 10.2. The molecule has 0 saturated carbocycles. The third-order valence-corrected chi connectivity index (χ3v) is 4.50. The number of fused-ring (bicyclic) bond motifs is 1. The first-order valence-electron chi connectivity index (χ1n) is 8.22. The molecule has 0 bridgehead atoms. The standard InChI is InChI=1S/C17H23ClN4O2/c1-11-8-21(15-13(11)14(18)19-10-20-15)9-12-6-5-7-22(12)16(23)24-17(2,3)4/h8,10,12H,5-7,9H2,1-4H3. The highest BCUT2D eigenvalue weighted by Gasteiger charge is 2.32. The number of likely N-dealkylation sites (tertiary alicyclic amines) is 1. The van der Waals surface area contributed by atoms with Gasteiger partial charge in [-0.25, -0.2) is 14.8 Å². The molecule has 6 nitrogen and oxygen atoms in total. The van der Waals surface area contributed by atoms with E-state index in [2.05, 4.69) is 14.5 Å². The molecule has 1 amide bonds. The van der Waals surface area contributed by atoms with Gasteiger partial charge in [0.2, 0.25) is 0 Å². The van der Waals surface area contributed by atoms with E-state index in [-0.39, 0.29) is 12.1 Å². The molecule has 0 spiro atoms. The van der Waals surface area contributed by atoms with Crippen molar-refractivity contribution in [2.45, 2.75) is 58.7 Å². The Kier molecular flexibility index (Phi) is 4.42. The number of amides is 1. The predicted octanol–water partition coefficient (Wildman–Crippen LogP) is 3.79. The first-order chi connectivity index (χ1) is 11.3. The number of aromatic nitrogens is 3. The Morgan fingerprint density at radius 3 is 2.88 bits per heavy atom. The topological polar surface area (TPSA) is 60.2 Å². The van der Waals surface area contributed by atoms with Crippen molar-refractivity contribution >= 4 is 28.7 Å². The molecule has 7 heteroatoms. The van der Waals surface area contributed by atoms with E-state index in [4.69, 9.17) is 16.3 Å². The van der Waals surface area contributed by atoms with Gasteiger partial charge < -0.3 is 14.2 Å². The lowest BCUT2D eigenvalue weighted by molar-refractivity contribution is 0.0215. The van der Waals surface area contributed by atoms with Gasteiger partial charge in [0.1, 0.15) is 22.7 Å². The SMILES string of the molecule is Cc1cn(CC2CCCN2C(=O)OC(C)(C)C)c2ncnc(Cl)c12. The second-order valence-electron chi connectivity index (χ2n) is 7.30. The van der Waals surface area contributed by atoms with E-state index in [0.29, 0.717) is 11.7 Å². The summed E-state index contributed by atoms with van der Waals surface area (Å²) in [5, 5.41) is 1.34. The van der Waals surface area contributed by atoms with E-state index >= 15 is 0 Å². The lowest BCUT2D eigenvalue weighted by Gasteiger charge is -2.28. The second-order valence-corrected chi connectivity index (χ2v) is 7.66. The van der Waals surface area contributed by atoms with E-state index in [1.807, 2.05) is 38.8 Å². The molecule has 1 fully saturated rings. The molecule has 1 unspecified atom stereocenters. The molecule has 1 saturated heterocycles. The minimum atomic E-state index is -0.484. The highest BCUT2D eigenvalue weighted by molar-refractivity contribution is 6.34. The van der Waals surface area contributed by atoms with Crippen LogP contribution in [0.2, 0.25) is 5.15 Å². The highest BCUT2D eigenvalue weighted by Crippen LogP contribution is 2.27. The maximum Gasteiger partial charge on any atom is 0.410 e. The predicted molar refractivity (Wildman–Crippen MR) is 93.2 cm³/mol. The fourth-order valence-corrected chi connectivity index (χ4v) is 3.50. The Hall–Kier alpha value is -1.82. The molecule has 1 aliphatic heterocycles. The van der Waals surface area contributed by atoms with Gasteiger partial charge in [-0.3, -0.25) is 0 Å². The fourth-order valence-electron chi connectivity index (χ4n) is 3.22. The first-order valence-corrected chi connectivity index (χ1v) is 8.59. The summed E-state index contributed by atoms with van der Waals surface area (Å²) in [5.74, 6) is 0. The van der Waals surface area contributed by atoms with Crippen LogP contribution in [0.5, 0.6) is 0 Å². The van der Waals surface area contributed by atoms with Crippen LogP contribution in [-0.2, 0) is 11.3 Å². The van der Waals surface area contributed by atoms with Gasteiger partial charge in [0, 0.05) is 19.3 Å². The number of carbonyl (C=O) groups excluding carboxylic acids is 1. The van der Waals surface area contributed by atoms with Gasteiger partial charge in [0.15, 0.2) is 0 Å². The molecule has 0 aromatic carbocycles. The van der Waals surface area contributed by atoms with Crippen LogP contribution in [0.3, 0.4) is 0 Å². The molecular formula is C17H23ClN4O2. The van der Waals surface area contributed by atoms with E-state index < -0.39 is 5.60 Å². The van der Waals surface area contributed by atoms with Crippen LogP contribution in [0.15, 0.2) is 12.5 Å². The summed E-state index contributed by atoms with van der Waals surface area (Å²) in [7, 11) is 0. The van der Waals surface area contributed by atoms with E-state index in [9.17, 15) is 4.79 Å². The molecule has 3 rings (SSSR count). The van der Waals surface area contributed by atoms with Gasteiger partial charge in [-0.05, 0) is 46.1 Å². The molecular weight excluding hydrogens is 328 g/mol. The van der Waals surface area contributed by atoms with Crippen molar-refractivity contribution in [1.82, 2.24) is 19.4 Å². The third-order valence-electron chi connectivity index (χ3n) is 4.21. The maximum absolute atomic E-state index is 12.4. The molecule has 0 aliphatic carbocycles. The van der Waals surface area contributed by atoms with Crippen molar-refractivity contribution in [3.8, 4) is 0 Å². The second kappa shape index (κ2) is 6.24. The summed E-state index contributed by atoms with van der Waals surface area (Å²) in [5.41, 5.74) is 1.36. The molecule has 24 heavy (non-hydrogen) atoms. The number of hydrogen-bond acceptors (Lipinski definition) is 4. The Balaban J connectivity index is 1.83. The summed E-state index contributed by atoms with van der Waals surface area (Å²) in [6, 6.07) is 0.101. The van der Waals surface area contributed by atoms with Crippen molar-refractivity contribution in [2.24, 2.45) is 0 Å². The molecule has 130 valence electrons. The lowest BCUT2D eigenvalue weighted by Crippen LogP contribution is -2.41. The zero-order chi connectivity index (χ0) is 17.5. The minimum Gasteiger partial charge on any atom is -0.444 e. The van der Waals surface area contributed by atoms with Gasteiger partial charge in [-0.2, -0.15) is 0 Å². The van der Waals surface area contributed by atoms with Gasteiger partial charge in [-0.15, -0.1) is 0 Å². The highest BCUT2D eigenvalue weighted by atomic mass is 35.5. The Bertz CT molecular complexity index is 766. The van der Waals surface area contributed by atoms with Crippen molar-refractivity contribution in [2.75, 3.05) is 6.54 Å². The first kappa shape index (κ1) is 17.0. The summed E-state index contributed by atoms with van der Waals surface area (Å²) < 4.78 is 7.59. The van der Waals surface area contributed by atoms with Crippen LogP contribution in [0.4, 0.5) is 4.79 Å². The van der Waals surface area contributed by atoms with Crippen molar-refractivity contribution in [3.05, 3.63) is 23.2 Å². The molecule has 3 heterocycles. The summed E-state index contributed by atoms with van der Waals surface area (Å²) in [6.45, 7) is 9.06. The van der Waals surface area contributed by atoms with Crippen LogP contribution in [0.25, 0.3) is 11.0 Å². The van der Waals surface area contributed by atoms with Crippen LogP contribution >= 0.6 is 11.6 Å². The van der Waals surface area contributed by atoms with Crippen LogP contribution in [-0.4, -0.2) is 43.7 Å². The summed E-state index contributed by atoms with van der Waals surface area (Å²) in [4.78, 5) is 22.7. The van der Waals surface area contributed by atoms with Gasteiger partial charge in [0.05, 0.1) is 11.4 Å². The van der Waals surface area contributed by atoms with Crippen LogP contribution < -0.4 is 0 Å². The number of carbonyl (C=O) groups is 1. The number of rotatable bonds is 2. The Morgan fingerprint density at radius 2 is 2.17 bits per heavy atom. The summed E-state index contributed by atoms with van der Waals surface area (Å²) >= 11 is 6.20. The van der Waals surface area contributed by atoms with Gasteiger partial charge in [0.25, 0.3) is 0 Å². The minimum absolute atomic E-state index is 0.101. The van der Waals surface area contributed by atoms with Crippen molar-refractivity contribution < 1.29 is 9.53 Å². The molecule has 2 aromatic rings. The van der Waals surface area contributed by atoms with Gasteiger partial charge in [-0.1, -0.05) is 11.6 Å². The average Bonchev–Trinajstić information content (AvgIpc) is 3.04. The quantitative estimate of drug-likeness (QED) is 0.773. The number of hydrogen-bond donors (Lipinski definition) is 0. The van der Waals surface area contributed by atoms with Crippen LogP contribution in [0.1, 0.15) is 39.2 Å². The molecule has 0 N–H and O–H groups in total. The van der Waals surface area contributed by atoms with E-state index in [1.165, 1.54) is 6.33 Å². The largest absolute Gasteiger partial charge is 0.444 e. The zero-order valence-electron chi connectivity index (χ0n) is 14.5. The molecule has 2 aromatic heterocycles. The maximum atomic E-state index is 12.4. The number of halogens is 1. The van der Waals surface area contributed by atoms with Crippen LogP contribution in [0, 0.1) is 6.92 Å². The average molecular weight is 351 g/mol. The monoisotopic (exact) mass is 350 g/mol. The van der Waals surface area contributed by atoms with Crippen molar-refractivity contribution in [3.63, 3.8) is 0 Å². The Morgan fingerprint density at radius 1 is 1.42 bits per heavy atom. The van der Waals surface area contributed by atoms with Crippen molar-refractivity contribution in [1.29, 1.82) is 0 Å². The number of nitrogens with zero attached hydrogens (tertiary/aromatic N) is 4. The normalized spacial score (nSPS) is 18.4. The summed E-state index contributed by atoms with van der Waals surface area (Å²) in [6.07, 6.45) is 5.19. The molecule has 1 aliphatic rings. The van der Waals surface area contributed by atoms with Gasteiger partial charge >= 0.3 is 6.09 Å². The number of ether oxygens (including phenoxy) is 1. The Labute approximate surface area is 146 Å². The van der Waals surface area contributed by atoms with E-state index in [0.717, 1.165) is 36.0 Å². The zero-order valence-corrected chi connectivity index (χ0v) is 15.3. The molecule has 0 radical (unpaired) electrons. The fraction of sp³-hybridized carbons (Fsp3) is 0.588.